The van der Waals surface area contributed by atoms with E-state index in [2.05, 4.69) is 27.3 Å². The van der Waals surface area contributed by atoms with Crippen LogP contribution in [0.4, 0.5) is 5.69 Å². The van der Waals surface area contributed by atoms with Crippen LogP contribution in [0.5, 0.6) is 11.5 Å². The molecule has 27 heavy (non-hydrogen) atoms. The highest BCUT2D eigenvalue weighted by molar-refractivity contribution is 6.32. The molecule has 0 unspecified atom stereocenters. The zero-order chi connectivity index (χ0) is 18.6. The van der Waals surface area contributed by atoms with Gasteiger partial charge in [0.15, 0.2) is 16.7 Å². The number of halogens is 1. The number of benzene rings is 1. The molecule has 0 spiro atoms. The van der Waals surface area contributed by atoms with Crippen molar-refractivity contribution < 1.29 is 14.3 Å². The van der Waals surface area contributed by atoms with Gasteiger partial charge in [0.1, 0.15) is 0 Å². The van der Waals surface area contributed by atoms with E-state index < -0.39 is 0 Å². The second kappa shape index (κ2) is 8.15. The number of ether oxygens (including phenoxy) is 2. The number of hydrogen-bond acceptors (Lipinski definition) is 5. The summed E-state index contributed by atoms with van der Waals surface area (Å²) in [6.45, 7) is 2.54. The standard InChI is InChI=1S/C20H22ClN3O3/c21-20-15(4-1-8-22-20)23-19(25)13-24-9-2-5-16(24)14-6-7-17-18(12-14)27-11-3-10-26-17/h1,4,6-8,12,16H,2-3,5,9-11,13H2,(H,23,25)/t16-/m1/s1. The molecule has 2 aromatic rings. The highest BCUT2D eigenvalue weighted by atomic mass is 35.5. The number of rotatable bonds is 4. The molecule has 142 valence electrons. The van der Waals surface area contributed by atoms with Crippen molar-refractivity contribution in [2.45, 2.75) is 25.3 Å². The van der Waals surface area contributed by atoms with Crippen LogP contribution in [0.2, 0.25) is 5.15 Å². The summed E-state index contributed by atoms with van der Waals surface area (Å²) in [6.07, 6.45) is 4.55. The Labute approximate surface area is 163 Å². The van der Waals surface area contributed by atoms with Gasteiger partial charge in [-0.05, 0) is 49.2 Å². The van der Waals surface area contributed by atoms with Gasteiger partial charge in [-0.3, -0.25) is 9.69 Å². The summed E-state index contributed by atoms with van der Waals surface area (Å²) < 4.78 is 11.5. The topological polar surface area (TPSA) is 63.7 Å². The molecule has 1 aromatic heterocycles. The van der Waals surface area contributed by atoms with Crippen molar-refractivity contribution >= 4 is 23.2 Å². The lowest BCUT2D eigenvalue weighted by molar-refractivity contribution is -0.117. The Balaban J connectivity index is 1.45. The summed E-state index contributed by atoms with van der Waals surface area (Å²) in [4.78, 5) is 18.7. The average Bonchev–Trinajstić information content (AvgIpc) is 2.99. The first kappa shape index (κ1) is 18.1. The molecule has 1 fully saturated rings. The number of anilines is 1. The van der Waals surface area contributed by atoms with E-state index in [1.54, 1.807) is 18.3 Å². The highest BCUT2D eigenvalue weighted by Gasteiger charge is 2.28. The Hall–Kier alpha value is -2.31. The van der Waals surface area contributed by atoms with E-state index in [-0.39, 0.29) is 11.9 Å². The van der Waals surface area contributed by atoms with Crippen molar-refractivity contribution in [3.05, 3.63) is 47.2 Å². The van der Waals surface area contributed by atoms with Crippen molar-refractivity contribution in [1.82, 2.24) is 9.88 Å². The van der Waals surface area contributed by atoms with Gasteiger partial charge in [-0.15, -0.1) is 0 Å². The predicted octanol–water partition coefficient (Wildman–Crippen LogP) is 3.67. The highest BCUT2D eigenvalue weighted by Crippen LogP contribution is 2.37. The third-order valence-electron chi connectivity index (χ3n) is 4.90. The molecule has 2 aliphatic heterocycles. The smallest absolute Gasteiger partial charge is 0.238 e. The van der Waals surface area contributed by atoms with Crippen molar-refractivity contribution in [2.24, 2.45) is 0 Å². The molecule has 1 atom stereocenters. The van der Waals surface area contributed by atoms with Gasteiger partial charge < -0.3 is 14.8 Å². The van der Waals surface area contributed by atoms with E-state index in [1.807, 2.05) is 6.07 Å². The Morgan fingerprint density at radius 1 is 1.22 bits per heavy atom. The fourth-order valence-corrected chi connectivity index (χ4v) is 3.80. The first-order valence-electron chi connectivity index (χ1n) is 9.25. The molecule has 0 saturated carbocycles. The summed E-state index contributed by atoms with van der Waals surface area (Å²) in [5.41, 5.74) is 1.69. The van der Waals surface area contributed by atoms with Crippen molar-refractivity contribution in [3.8, 4) is 11.5 Å². The second-order valence-corrected chi connectivity index (χ2v) is 7.13. The van der Waals surface area contributed by atoms with Crippen molar-refractivity contribution in [1.29, 1.82) is 0 Å². The number of fused-ring (bicyclic) bond motifs is 1. The van der Waals surface area contributed by atoms with Crippen LogP contribution < -0.4 is 14.8 Å². The number of amides is 1. The maximum Gasteiger partial charge on any atom is 0.238 e. The summed E-state index contributed by atoms with van der Waals surface area (Å²) >= 11 is 6.03. The summed E-state index contributed by atoms with van der Waals surface area (Å²) in [6, 6.07) is 9.79. The largest absolute Gasteiger partial charge is 0.490 e. The van der Waals surface area contributed by atoms with E-state index in [9.17, 15) is 4.79 Å². The molecular weight excluding hydrogens is 366 g/mol. The predicted molar refractivity (Wildman–Crippen MR) is 103 cm³/mol. The minimum Gasteiger partial charge on any atom is -0.490 e. The lowest BCUT2D eigenvalue weighted by atomic mass is 10.0. The number of hydrogen-bond donors (Lipinski definition) is 1. The quantitative estimate of drug-likeness (QED) is 0.811. The molecule has 1 N–H and O–H groups in total. The maximum absolute atomic E-state index is 12.5. The van der Waals surface area contributed by atoms with Gasteiger partial charge in [0, 0.05) is 18.7 Å². The Kier molecular flexibility index (Phi) is 5.45. The molecule has 1 saturated heterocycles. The minimum atomic E-state index is -0.0915. The maximum atomic E-state index is 12.5. The van der Waals surface area contributed by atoms with Crippen LogP contribution in [0.3, 0.4) is 0 Å². The molecule has 4 rings (SSSR count). The first-order chi connectivity index (χ1) is 13.2. The molecule has 1 aromatic carbocycles. The SMILES string of the molecule is O=C(CN1CCC[C@@H]1c1ccc2c(c1)OCCCO2)Nc1cccnc1Cl. The number of carbonyl (C=O) groups is 1. The third kappa shape index (κ3) is 4.17. The molecule has 1 amide bonds. The van der Waals surface area contributed by atoms with Crippen LogP contribution in [-0.2, 0) is 4.79 Å². The molecular formula is C20H22ClN3O3. The van der Waals surface area contributed by atoms with Crippen LogP contribution in [0.15, 0.2) is 36.5 Å². The van der Waals surface area contributed by atoms with E-state index in [1.165, 1.54) is 0 Å². The lowest BCUT2D eigenvalue weighted by Gasteiger charge is -2.25. The summed E-state index contributed by atoms with van der Waals surface area (Å²) in [5.74, 6) is 1.50. The number of pyridine rings is 1. The number of carbonyl (C=O) groups excluding carboxylic acids is 1. The Morgan fingerprint density at radius 3 is 2.93 bits per heavy atom. The number of nitrogens with one attached hydrogen (secondary N) is 1. The van der Waals surface area contributed by atoms with Gasteiger partial charge >= 0.3 is 0 Å². The Bertz CT molecular complexity index is 830. The number of nitrogens with zero attached hydrogens (tertiary/aromatic N) is 2. The van der Waals surface area contributed by atoms with Gasteiger partial charge in [0.2, 0.25) is 5.91 Å². The molecule has 2 aliphatic rings. The van der Waals surface area contributed by atoms with Gasteiger partial charge in [0.25, 0.3) is 0 Å². The van der Waals surface area contributed by atoms with Gasteiger partial charge in [-0.2, -0.15) is 0 Å². The van der Waals surface area contributed by atoms with Crippen LogP contribution in [0.1, 0.15) is 30.9 Å². The number of likely N-dealkylation sites (tertiary alicyclic amines) is 1. The molecule has 0 aliphatic carbocycles. The molecule has 0 radical (unpaired) electrons. The van der Waals surface area contributed by atoms with Gasteiger partial charge in [0.05, 0.1) is 25.4 Å². The van der Waals surface area contributed by atoms with Crippen molar-refractivity contribution in [3.63, 3.8) is 0 Å². The summed E-state index contributed by atoms with van der Waals surface area (Å²) in [7, 11) is 0. The monoisotopic (exact) mass is 387 g/mol. The minimum absolute atomic E-state index is 0.0915. The summed E-state index contributed by atoms with van der Waals surface area (Å²) in [5, 5.41) is 3.15. The third-order valence-corrected chi connectivity index (χ3v) is 5.20. The molecule has 7 heteroatoms. The molecule has 0 bridgehead atoms. The van der Waals surface area contributed by atoms with E-state index >= 15 is 0 Å². The van der Waals surface area contributed by atoms with E-state index in [4.69, 9.17) is 21.1 Å². The van der Waals surface area contributed by atoms with Gasteiger partial charge in [-0.25, -0.2) is 4.98 Å². The first-order valence-corrected chi connectivity index (χ1v) is 9.62. The zero-order valence-electron chi connectivity index (χ0n) is 15.0. The molecule has 3 heterocycles. The van der Waals surface area contributed by atoms with Crippen LogP contribution in [-0.4, -0.2) is 42.1 Å². The van der Waals surface area contributed by atoms with E-state index in [0.29, 0.717) is 30.6 Å². The van der Waals surface area contributed by atoms with Crippen molar-refractivity contribution in [2.75, 3.05) is 31.6 Å². The normalized spacial score (nSPS) is 19.5. The fourth-order valence-electron chi connectivity index (χ4n) is 3.63. The number of aromatic nitrogens is 1. The molecule has 6 nitrogen and oxygen atoms in total. The fraction of sp³-hybridized carbons (Fsp3) is 0.400. The van der Waals surface area contributed by atoms with E-state index in [0.717, 1.165) is 42.9 Å². The second-order valence-electron chi connectivity index (χ2n) is 6.78. The van der Waals surface area contributed by atoms with Crippen LogP contribution >= 0.6 is 11.6 Å². The van der Waals surface area contributed by atoms with Crippen LogP contribution in [0.25, 0.3) is 0 Å². The Morgan fingerprint density at radius 2 is 2.07 bits per heavy atom. The lowest BCUT2D eigenvalue weighted by Crippen LogP contribution is -2.33. The average molecular weight is 388 g/mol. The van der Waals surface area contributed by atoms with Gasteiger partial charge in [-0.1, -0.05) is 17.7 Å². The van der Waals surface area contributed by atoms with Crippen LogP contribution in [0, 0.1) is 0 Å². The zero-order valence-corrected chi connectivity index (χ0v) is 15.7.